The molecule has 7 heteroatoms. The molecule has 21 heavy (non-hydrogen) atoms. The van der Waals surface area contributed by atoms with Gasteiger partial charge < -0.3 is 5.73 Å². The third kappa shape index (κ3) is 3.77. The van der Waals surface area contributed by atoms with E-state index in [0.29, 0.717) is 16.3 Å². The van der Waals surface area contributed by atoms with E-state index in [9.17, 15) is 8.42 Å². The highest BCUT2D eigenvalue weighted by atomic mass is 35.5. The molecule has 0 aliphatic heterocycles. The standard InChI is InChI=1S/C14H17ClN2O2S2/c1-3-11-4-5-12(20-11)8-17-21(18,19)14-7-10(15)6-13(16)9(14)2/h4-7,17H,3,8,16H2,1-2H3. The van der Waals surface area contributed by atoms with Crippen molar-refractivity contribution < 1.29 is 8.42 Å². The highest BCUT2D eigenvalue weighted by molar-refractivity contribution is 7.89. The third-order valence-electron chi connectivity index (χ3n) is 3.16. The Labute approximate surface area is 134 Å². The Morgan fingerprint density at radius 1 is 1.29 bits per heavy atom. The van der Waals surface area contributed by atoms with Crippen LogP contribution in [-0.2, 0) is 23.0 Å². The number of nitrogens with one attached hydrogen (secondary N) is 1. The number of benzene rings is 1. The number of halogens is 1. The first-order chi connectivity index (χ1) is 9.83. The zero-order valence-electron chi connectivity index (χ0n) is 11.8. The lowest BCUT2D eigenvalue weighted by Crippen LogP contribution is -2.24. The van der Waals surface area contributed by atoms with Gasteiger partial charge in [0, 0.05) is 27.0 Å². The number of aryl methyl sites for hydroxylation is 1. The second-order valence-electron chi connectivity index (χ2n) is 4.66. The van der Waals surface area contributed by atoms with Gasteiger partial charge in [0.2, 0.25) is 10.0 Å². The van der Waals surface area contributed by atoms with E-state index in [1.807, 2.05) is 12.1 Å². The van der Waals surface area contributed by atoms with Gasteiger partial charge in [0.1, 0.15) is 0 Å². The molecule has 0 bridgehead atoms. The summed E-state index contributed by atoms with van der Waals surface area (Å²) in [6, 6.07) is 6.91. The van der Waals surface area contributed by atoms with Crippen LogP contribution in [0.4, 0.5) is 5.69 Å². The van der Waals surface area contributed by atoms with Crippen molar-refractivity contribution in [3.05, 3.63) is 44.6 Å². The van der Waals surface area contributed by atoms with Gasteiger partial charge in [-0.1, -0.05) is 18.5 Å². The molecule has 0 unspecified atom stereocenters. The van der Waals surface area contributed by atoms with Gasteiger partial charge in [0.25, 0.3) is 0 Å². The Hall–Kier alpha value is -1.08. The maximum atomic E-state index is 12.4. The quantitative estimate of drug-likeness (QED) is 0.817. The predicted molar refractivity (Wildman–Crippen MR) is 88.3 cm³/mol. The molecule has 0 saturated heterocycles. The Morgan fingerprint density at radius 2 is 1.95 bits per heavy atom. The zero-order chi connectivity index (χ0) is 15.6. The summed E-state index contributed by atoms with van der Waals surface area (Å²) in [5, 5.41) is 0.308. The topological polar surface area (TPSA) is 72.2 Å². The van der Waals surface area contributed by atoms with Crippen molar-refractivity contribution >= 4 is 38.6 Å². The summed E-state index contributed by atoms with van der Waals surface area (Å²) in [5.41, 5.74) is 6.65. The van der Waals surface area contributed by atoms with Crippen molar-refractivity contribution in [1.82, 2.24) is 4.72 Å². The van der Waals surface area contributed by atoms with Gasteiger partial charge in [-0.25, -0.2) is 13.1 Å². The average Bonchev–Trinajstić information content (AvgIpc) is 2.88. The molecule has 0 aliphatic carbocycles. The normalized spacial score (nSPS) is 11.8. The molecule has 2 aromatic rings. The molecule has 0 amide bonds. The SMILES string of the molecule is CCc1ccc(CNS(=O)(=O)c2cc(Cl)cc(N)c2C)s1. The monoisotopic (exact) mass is 344 g/mol. The van der Waals surface area contributed by atoms with E-state index in [-0.39, 0.29) is 11.4 Å². The summed E-state index contributed by atoms with van der Waals surface area (Å²) < 4.78 is 27.4. The van der Waals surface area contributed by atoms with Gasteiger partial charge in [-0.3, -0.25) is 0 Å². The lowest BCUT2D eigenvalue weighted by Gasteiger charge is -2.11. The van der Waals surface area contributed by atoms with Gasteiger partial charge in [-0.2, -0.15) is 0 Å². The van der Waals surface area contributed by atoms with Crippen molar-refractivity contribution in [3.8, 4) is 0 Å². The van der Waals surface area contributed by atoms with Crippen LogP contribution in [0.15, 0.2) is 29.2 Å². The number of hydrogen-bond donors (Lipinski definition) is 2. The van der Waals surface area contributed by atoms with Crippen LogP contribution in [0.2, 0.25) is 5.02 Å². The number of anilines is 1. The van der Waals surface area contributed by atoms with Gasteiger partial charge in [-0.15, -0.1) is 11.3 Å². The molecule has 3 N–H and O–H groups in total. The largest absolute Gasteiger partial charge is 0.398 e. The van der Waals surface area contributed by atoms with Gasteiger partial charge in [0.15, 0.2) is 0 Å². The van der Waals surface area contributed by atoms with Crippen LogP contribution >= 0.6 is 22.9 Å². The number of hydrogen-bond acceptors (Lipinski definition) is 4. The van der Waals surface area contributed by atoms with E-state index in [4.69, 9.17) is 17.3 Å². The predicted octanol–water partition coefficient (Wildman–Crippen LogP) is 3.33. The second-order valence-corrected chi connectivity index (χ2v) is 8.09. The summed E-state index contributed by atoms with van der Waals surface area (Å²) in [4.78, 5) is 2.33. The number of rotatable bonds is 5. The van der Waals surface area contributed by atoms with Crippen LogP contribution in [0, 0.1) is 6.92 Å². The summed E-state index contributed by atoms with van der Waals surface area (Å²) in [7, 11) is -3.64. The van der Waals surface area contributed by atoms with E-state index in [2.05, 4.69) is 11.6 Å². The molecule has 0 aliphatic rings. The third-order valence-corrected chi connectivity index (χ3v) is 6.13. The zero-order valence-corrected chi connectivity index (χ0v) is 14.2. The van der Waals surface area contributed by atoms with Gasteiger partial charge >= 0.3 is 0 Å². The van der Waals surface area contributed by atoms with E-state index in [1.54, 1.807) is 24.3 Å². The molecule has 114 valence electrons. The molecule has 1 aromatic carbocycles. The highest BCUT2D eigenvalue weighted by Gasteiger charge is 2.19. The van der Waals surface area contributed by atoms with Crippen molar-refractivity contribution in [2.75, 3.05) is 5.73 Å². The van der Waals surface area contributed by atoms with E-state index in [0.717, 1.165) is 11.3 Å². The molecule has 0 radical (unpaired) electrons. The van der Waals surface area contributed by atoms with Crippen LogP contribution in [0.25, 0.3) is 0 Å². The molecule has 0 fully saturated rings. The van der Waals surface area contributed by atoms with Crippen molar-refractivity contribution in [2.45, 2.75) is 31.7 Å². The molecule has 4 nitrogen and oxygen atoms in total. The smallest absolute Gasteiger partial charge is 0.241 e. The summed E-state index contributed by atoms with van der Waals surface area (Å²) >= 11 is 7.50. The minimum absolute atomic E-state index is 0.125. The summed E-state index contributed by atoms with van der Waals surface area (Å²) in [6.45, 7) is 4.00. The van der Waals surface area contributed by atoms with Crippen molar-refractivity contribution in [3.63, 3.8) is 0 Å². The minimum Gasteiger partial charge on any atom is -0.398 e. The maximum Gasteiger partial charge on any atom is 0.241 e. The molecule has 0 atom stereocenters. The first-order valence-electron chi connectivity index (χ1n) is 6.46. The fraction of sp³-hybridized carbons (Fsp3) is 0.286. The second kappa shape index (κ2) is 6.36. The number of nitrogens with two attached hydrogens (primary N) is 1. The van der Waals surface area contributed by atoms with Gasteiger partial charge in [-0.05, 0) is 43.2 Å². The number of sulfonamides is 1. The summed E-state index contributed by atoms with van der Waals surface area (Å²) in [6.07, 6.45) is 0.946. The maximum absolute atomic E-state index is 12.4. The molecular formula is C14H17ClN2O2S2. The number of thiophene rings is 1. The molecular weight excluding hydrogens is 328 g/mol. The molecule has 1 aromatic heterocycles. The Balaban J connectivity index is 2.22. The molecule has 1 heterocycles. The van der Waals surface area contributed by atoms with Crippen LogP contribution < -0.4 is 10.5 Å². The Morgan fingerprint density at radius 3 is 2.57 bits per heavy atom. The van der Waals surface area contributed by atoms with E-state index >= 15 is 0 Å². The molecule has 0 saturated carbocycles. The fourth-order valence-electron chi connectivity index (χ4n) is 1.90. The number of nitrogen functional groups attached to an aromatic ring is 1. The molecule has 0 spiro atoms. The van der Waals surface area contributed by atoms with Crippen LogP contribution in [0.1, 0.15) is 22.2 Å². The first-order valence-corrected chi connectivity index (χ1v) is 9.14. The van der Waals surface area contributed by atoms with Crippen molar-refractivity contribution in [2.24, 2.45) is 0 Å². The van der Waals surface area contributed by atoms with Gasteiger partial charge in [0.05, 0.1) is 4.90 Å². The van der Waals surface area contributed by atoms with E-state index in [1.165, 1.54) is 10.9 Å². The Bertz CT molecular complexity index is 754. The average molecular weight is 345 g/mol. The lowest BCUT2D eigenvalue weighted by atomic mass is 10.2. The van der Waals surface area contributed by atoms with Crippen LogP contribution in [0.3, 0.4) is 0 Å². The minimum atomic E-state index is -3.64. The molecule has 2 rings (SSSR count). The lowest BCUT2D eigenvalue weighted by molar-refractivity contribution is 0.581. The van der Waals surface area contributed by atoms with Crippen LogP contribution in [0.5, 0.6) is 0 Å². The fourth-order valence-corrected chi connectivity index (χ4v) is 4.49. The Kier molecular flexibility index (Phi) is 4.93. The van der Waals surface area contributed by atoms with Crippen LogP contribution in [-0.4, -0.2) is 8.42 Å². The highest BCUT2D eigenvalue weighted by Crippen LogP contribution is 2.26. The van der Waals surface area contributed by atoms with Crippen molar-refractivity contribution in [1.29, 1.82) is 0 Å². The van der Waals surface area contributed by atoms with E-state index < -0.39 is 10.0 Å². The summed E-state index contributed by atoms with van der Waals surface area (Å²) in [5.74, 6) is 0. The first kappa shape index (κ1) is 16.3.